The van der Waals surface area contributed by atoms with E-state index in [1.54, 1.807) is 34.7 Å². The zero-order valence-corrected chi connectivity index (χ0v) is 15.1. The maximum atomic E-state index is 12.8. The van der Waals surface area contributed by atoms with E-state index in [2.05, 4.69) is 4.98 Å². The predicted octanol–water partition coefficient (Wildman–Crippen LogP) is 3.63. The summed E-state index contributed by atoms with van der Waals surface area (Å²) in [6, 6.07) is 17.2. The summed E-state index contributed by atoms with van der Waals surface area (Å²) in [7, 11) is 0. The van der Waals surface area contributed by atoms with Crippen LogP contribution >= 0.6 is 11.3 Å². The zero-order chi connectivity index (χ0) is 19.3. The number of benzene rings is 2. The molecular formula is C20H11N3O4S. The summed E-state index contributed by atoms with van der Waals surface area (Å²) in [5.41, 5.74) is 2.00. The van der Waals surface area contributed by atoms with E-state index in [0.29, 0.717) is 26.6 Å². The number of non-ortho nitro benzene ring substituents is 1. The number of aromatic nitrogens is 2. The van der Waals surface area contributed by atoms with Gasteiger partial charge in [0.15, 0.2) is 4.96 Å². The highest BCUT2D eigenvalue weighted by Crippen LogP contribution is 2.26. The Morgan fingerprint density at radius 2 is 1.96 bits per heavy atom. The number of nitro benzene ring substituents is 1. The third-order valence-corrected chi connectivity index (χ3v) is 5.36. The number of hydrogen-bond acceptors (Lipinski definition) is 6. The summed E-state index contributed by atoms with van der Waals surface area (Å²) in [5, 5.41) is 10.9. The molecule has 0 atom stereocenters. The van der Waals surface area contributed by atoms with Gasteiger partial charge >= 0.3 is 0 Å². The van der Waals surface area contributed by atoms with Crippen LogP contribution in [0.4, 0.5) is 5.69 Å². The molecule has 3 aromatic heterocycles. The minimum absolute atomic E-state index is 0.00682. The number of nitro groups is 1. The van der Waals surface area contributed by atoms with Crippen LogP contribution in [-0.2, 0) is 0 Å². The van der Waals surface area contributed by atoms with Gasteiger partial charge < -0.3 is 4.42 Å². The van der Waals surface area contributed by atoms with E-state index < -0.39 is 4.92 Å². The van der Waals surface area contributed by atoms with Gasteiger partial charge in [-0.1, -0.05) is 35.6 Å². The number of imidazole rings is 1. The van der Waals surface area contributed by atoms with Crippen LogP contribution in [0.5, 0.6) is 0 Å². The molecule has 0 unspecified atom stereocenters. The lowest BCUT2D eigenvalue weighted by Gasteiger charge is -1.96. The molecule has 0 spiro atoms. The van der Waals surface area contributed by atoms with Crippen molar-refractivity contribution in [2.45, 2.75) is 0 Å². The molecule has 0 amide bonds. The largest absolute Gasteiger partial charge is 0.457 e. The molecule has 0 radical (unpaired) electrons. The average Bonchev–Trinajstić information content (AvgIpc) is 3.38. The van der Waals surface area contributed by atoms with Crippen molar-refractivity contribution >= 4 is 39.1 Å². The van der Waals surface area contributed by atoms with Crippen molar-refractivity contribution in [1.82, 2.24) is 9.38 Å². The Morgan fingerprint density at radius 1 is 1.11 bits per heavy atom. The van der Waals surface area contributed by atoms with E-state index in [1.165, 1.54) is 23.5 Å². The van der Waals surface area contributed by atoms with Crippen molar-refractivity contribution < 1.29 is 9.34 Å². The molecule has 136 valence electrons. The maximum Gasteiger partial charge on any atom is 0.275 e. The van der Waals surface area contributed by atoms with E-state index in [9.17, 15) is 14.9 Å². The minimum Gasteiger partial charge on any atom is -0.457 e. The van der Waals surface area contributed by atoms with Crippen molar-refractivity contribution in [2.75, 3.05) is 0 Å². The van der Waals surface area contributed by atoms with Crippen LogP contribution in [-0.4, -0.2) is 14.3 Å². The average molecular weight is 389 g/mol. The Labute approximate surface area is 160 Å². The van der Waals surface area contributed by atoms with Crippen molar-refractivity contribution in [3.63, 3.8) is 0 Å². The first-order chi connectivity index (χ1) is 13.6. The zero-order valence-electron chi connectivity index (χ0n) is 14.2. The van der Waals surface area contributed by atoms with Crippen molar-refractivity contribution in [3.05, 3.63) is 91.4 Å². The molecule has 28 heavy (non-hydrogen) atoms. The lowest BCUT2D eigenvalue weighted by atomic mass is 10.1. The second-order valence-electron chi connectivity index (χ2n) is 6.14. The summed E-state index contributed by atoms with van der Waals surface area (Å²) in [4.78, 5) is 28.4. The number of hydrogen-bond donors (Lipinski definition) is 0. The van der Waals surface area contributed by atoms with Crippen LogP contribution in [0.3, 0.4) is 0 Å². The molecule has 0 aliphatic carbocycles. The molecule has 7 nitrogen and oxygen atoms in total. The highest BCUT2D eigenvalue weighted by atomic mass is 32.1. The molecule has 5 aromatic rings. The Balaban J connectivity index is 1.59. The van der Waals surface area contributed by atoms with Gasteiger partial charge in [-0.15, -0.1) is 0 Å². The fourth-order valence-corrected chi connectivity index (χ4v) is 4.07. The van der Waals surface area contributed by atoms with Crippen molar-refractivity contribution in [1.29, 1.82) is 0 Å². The smallest absolute Gasteiger partial charge is 0.275 e. The van der Waals surface area contributed by atoms with Gasteiger partial charge in [-0.3, -0.25) is 14.9 Å². The Morgan fingerprint density at radius 3 is 2.82 bits per heavy atom. The SMILES string of the molecule is O=c1/c(=C\c2ccc(-c3cccc([N+](=O)[O-])c3)o2)sc2nc3ccccc3n12. The fourth-order valence-electron chi connectivity index (χ4n) is 3.10. The standard InChI is InChI=1S/C20H11N3O4S/c24-19-18(28-20-21-15-6-1-2-7-16(15)22(19)20)11-14-8-9-17(27-14)12-4-3-5-13(10-12)23(25)26/h1-11H/b18-11+. The second-order valence-corrected chi connectivity index (χ2v) is 7.15. The number of thiazole rings is 1. The number of fused-ring (bicyclic) bond motifs is 3. The van der Waals surface area contributed by atoms with Gasteiger partial charge in [-0.2, -0.15) is 0 Å². The molecule has 5 rings (SSSR count). The van der Waals surface area contributed by atoms with E-state index in [1.807, 2.05) is 24.3 Å². The van der Waals surface area contributed by atoms with Crippen LogP contribution in [0, 0.1) is 10.1 Å². The van der Waals surface area contributed by atoms with Crippen molar-refractivity contribution in [3.8, 4) is 11.3 Å². The summed E-state index contributed by atoms with van der Waals surface area (Å²) < 4.78 is 7.88. The number of furan rings is 1. The molecule has 0 saturated carbocycles. The maximum absolute atomic E-state index is 12.8. The van der Waals surface area contributed by atoms with Gasteiger partial charge in [0.25, 0.3) is 11.2 Å². The van der Waals surface area contributed by atoms with Gasteiger partial charge in [-0.25, -0.2) is 9.38 Å². The molecule has 8 heteroatoms. The van der Waals surface area contributed by atoms with Gasteiger partial charge in [0.1, 0.15) is 16.1 Å². The summed E-state index contributed by atoms with van der Waals surface area (Å²) >= 11 is 1.29. The number of para-hydroxylation sites is 2. The van der Waals surface area contributed by atoms with Gasteiger partial charge in [0.05, 0.1) is 16.0 Å². The molecular weight excluding hydrogens is 378 g/mol. The molecule has 0 fully saturated rings. The number of nitrogens with zero attached hydrogens (tertiary/aromatic N) is 3. The summed E-state index contributed by atoms with van der Waals surface area (Å²) in [6.45, 7) is 0. The Bertz CT molecular complexity index is 1480. The molecule has 0 aliphatic heterocycles. The number of rotatable bonds is 3. The fraction of sp³-hybridized carbons (Fsp3) is 0. The van der Waals surface area contributed by atoms with Crippen LogP contribution in [0.1, 0.15) is 5.76 Å². The third kappa shape index (κ3) is 2.58. The minimum atomic E-state index is -0.449. The van der Waals surface area contributed by atoms with Crippen molar-refractivity contribution in [2.24, 2.45) is 0 Å². The first-order valence-electron chi connectivity index (χ1n) is 8.36. The first kappa shape index (κ1) is 16.4. The highest BCUT2D eigenvalue weighted by molar-refractivity contribution is 7.15. The Hall–Kier alpha value is -3.78. The van der Waals surface area contributed by atoms with Gasteiger partial charge in [0, 0.05) is 23.8 Å². The highest BCUT2D eigenvalue weighted by Gasteiger charge is 2.12. The van der Waals surface area contributed by atoms with E-state index in [-0.39, 0.29) is 11.2 Å². The summed E-state index contributed by atoms with van der Waals surface area (Å²) in [5.74, 6) is 0.988. The predicted molar refractivity (Wildman–Crippen MR) is 106 cm³/mol. The van der Waals surface area contributed by atoms with Crippen LogP contribution in [0.15, 0.2) is 69.9 Å². The van der Waals surface area contributed by atoms with Crippen LogP contribution in [0.2, 0.25) is 0 Å². The van der Waals surface area contributed by atoms with E-state index >= 15 is 0 Å². The lowest BCUT2D eigenvalue weighted by molar-refractivity contribution is -0.384. The van der Waals surface area contributed by atoms with Gasteiger partial charge in [-0.05, 0) is 24.3 Å². The second kappa shape index (κ2) is 6.14. The molecule has 0 N–H and O–H groups in total. The quantitative estimate of drug-likeness (QED) is 0.347. The first-order valence-corrected chi connectivity index (χ1v) is 9.18. The molecule has 0 aliphatic rings. The molecule has 0 bridgehead atoms. The van der Waals surface area contributed by atoms with Gasteiger partial charge in [0.2, 0.25) is 0 Å². The monoisotopic (exact) mass is 389 g/mol. The summed E-state index contributed by atoms with van der Waals surface area (Å²) in [6.07, 6.45) is 1.66. The van der Waals surface area contributed by atoms with Crippen LogP contribution < -0.4 is 10.1 Å². The molecule has 3 heterocycles. The topological polar surface area (TPSA) is 90.6 Å². The lowest BCUT2D eigenvalue weighted by Crippen LogP contribution is -2.22. The molecule has 0 saturated heterocycles. The van der Waals surface area contributed by atoms with E-state index in [0.717, 1.165) is 11.0 Å². The van der Waals surface area contributed by atoms with E-state index in [4.69, 9.17) is 4.42 Å². The third-order valence-electron chi connectivity index (χ3n) is 4.39. The molecule has 2 aromatic carbocycles. The normalized spacial score (nSPS) is 12.2. The van der Waals surface area contributed by atoms with Crippen LogP contribution in [0.25, 0.3) is 33.4 Å². The Kier molecular flexibility index (Phi) is 3.59.